The number of halogens is 1. The van der Waals surface area contributed by atoms with E-state index < -0.39 is 0 Å². The summed E-state index contributed by atoms with van der Waals surface area (Å²) in [7, 11) is 0. The second-order valence-electron chi connectivity index (χ2n) is 7.42. The molecule has 0 atom stereocenters. The number of nitrogens with zero attached hydrogens (tertiary/aromatic N) is 1. The second kappa shape index (κ2) is 10.0. The van der Waals surface area contributed by atoms with Gasteiger partial charge in [-0.3, -0.25) is 9.79 Å². The summed E-state index contributed by atoms with van der Waals surface area (Å²) < 4.78 is 13.6. The van der Waals surface area contributed by atoms with Crippen LogP contribution in [0.4, 0.5) is 4.39 Å². The average molecular weight is 397 g/mol. The average Bonchev–Trinajstić information content (AvgIpc) is 3.52. The Balaban J connectivity index is 1.46. The van der Waals surface area contributed by atoms with Gasteiger partial charge in [-0.25, -0.2) is 4.39 Å². The maximum absolute atomic E-state index is 13.6. The van der Waals surface area contributed by atoms with Crippen LogP contribution in [-0.4, -0.2) is 31.5 Å². The zero-order valence-corrected chi connectivity index (χ0v) is 16.9. The predicted octanol–water partition coefficient (Wildman–Crippen LogP) is 3.12. The molecule has 1 saturated carbocycles. The fourth-order valence-electron chi connectivity index (χ4n) is 3.26. The van der Waals surface area contributed by atoms with E-state index in [0.29, 0.717) is 32.0 Å². The third-order valence-corrected chi connectivity index (χ3v) is 5.15. The molecule has 0 unspecified atom stereocenters. The number of hydrogen-bond acceptors (Lipinski definition) is 2. The first-order valence-corrected chi connectivity index (χ1v) is 10.2. The van der Waals surface area contributed by atoms with Gasteiger partial charge in [-0.15, -0.1) is 0 Å². The molecule has 6 heteroatoms. The molecule has 3 N–H and O–H groups in total. The van der Waals surface area contributed by atoms with Crippen molar-refractivity contribution in [3.8, 4) is 0 Å². The molecule has 0 saturated heterocycles. The first-order valence-electron chi connectivity index (χ1n) is 10.2. The molecule has 0 spiro atoms. The molecule has 1 aliphatic carbocycles. The van der Waals surface area contributed by atoms with E-state index in [-0.39, 0.29) is 17.1 Å². The topological polar surface area (TPSA) is 65.5 Å². The van der Waals surface area contributed by atoms with Crippen LogP contribution in [0.5, 0.6) is 0 Å². The summed E-state index contributed by atoms with van der Waals surface area (Å²) in [5, 5.41) is 9.35. The molecule has 154 valence electrons. The smallest absolute Gasteiger partial charge is 0.222 e. The standard InChI is InChI=1S/C23H29FN4O/c1-2-25-22(26-14-11-21(29)27-16-18-7-4-3-5-8-18)28-17-23(12-13-23)19-9-6-10-20(24)15-19/h3-10,15H,2,11-14,16-17H2,1H3,(H,27,29)(H2,25,26,28). The van der Waals surface area contributed by atoms with Crippen molar-refractivity contribution in [2.75, 3.05) is 19.6 Å². The van der Waals surface area contributed by atoms with Gasteiger partial charge in [0.15, 0.2) is 5.96 Å². The van der Waals surface area contributed by atoms with Gasteiger partial charge in [0.1, 0.15) is 5.82 Å². The van der Waals surface area contributed by atoms with Crippen LogP contribution in [0.3, 0.4) is 0 Å². The molecule has 2 aromatic carbocycles. The molecule has 29 heavy (non-hydrogen) atoms. The van der Waals surface area contributed by atoms with Crippen molar-refractivity contribution in [2.45, 2.75) is 38.1 Å². The molecular weight excluding hydrogens is 367 g/mol. The zero-order chi connectivity index (χ0) is 20.5. The molecule has 3 rings (SSSR count). The van der Waals surface area contributed by atoms with Crippen molar-refractivity contribution in [3.05, 3.63) is 71.5 Å². The maximum atomic E-state index is 13.6. The Hall–Kier alpha value is -2.89. The number of guanidine groups is 1. The normalized spacial score (nSPS) is 14.9. The van der Waals surface area contributed by atoms with Crippen molar-refractivity contribution < 1.29 is 9.18 Å². The Morgan fingerprint density at radius 3 is 2.55 bits per heavy atom. The third-order valence-electron chi connectivity index (χ3n) is 5.15. The van der Waals surface area contributed by atoms with Gasteiger partial charge in [0.25, 0.3) is 0 Å². The van der Waals surface area contributed by atoms with Gasteiger partial charge in [-0.2, -0.15) is 0 Å². The lowest BCUT2D eigenvalue weighted by atomic mass is 9.96. The molecular formula is C23H29FN4O. The lowest BCUT2D eigenvalue weighted by molar-refractivity contribution is -0.121. The highest BCUT2D eigenvalue weighted by Crippen LogP contribution is 2.48. The molecule has 1 amide bonds. The largest absolute Gasteiger partial charge is 0.357 e. The summed E-state index contributed by atoms with van der Waals surface area (Å²) in [6.07, 6.45) is 2.40. The Morgan fingerprint density at radius 2 is 1.86 bits per heavy atom. The number of nitrogens with one attached hydrogen (secondary N) is 3. The van der Waals surface area contributed by atoms with Gasteiger partial charge < -0.3 is 16.0 Å². The van der Waals surface area contributed by atoms with Crippen LogP contribution in [0.25, 0.3) is 0 Å². The predicted molar refractivity (Wildman–Crippen MR) is 114 cm³/mol. The van der Waals surface area contributed by atoms with E-state index in [1.165, 1.54) is 6.07 Å². The van der Waals surface area contributed by atoms with Crippen LogP contribution in [0.1, 0.15) is 37.3 Å². The van der Waals surface area contributed by atoms with Crippen LogP contribution in [0, 0.1) is 5.82 Å². The minimum absolute atomic E-state index is 0.00405. The van der Waals surface area contributed by atoms with Gasteiger partial charge in [0.05, 0.1) is 6.54 Å². The van der Waals surface area contributed by atoms with Crippen LogP contribution >= 0.6 is 0 Å². The fourth-order valence-corrected chi connectivity index (χ4v) is 3.26. The SMILES string of the molecule is CCNC(=NCC1(c2cccc(F)c2)CC1)NCCC(=O)NCc1ccccc1. The molecule has 1 aliphatic rings. The molecule has 0 heterocycles. The molecule has 2 aromatic rings. The summed E-state index contributed by atoms with van der Waals surface area (Å²) in [5.41, 5.74) is 2.03. The van der Waals surface area contributed by atoms with E-state index >= 15 is 0 Å². The zero-order valence-electron chi connectivity index (χ0n) is 16.9. The van der Waals surface area contributed by atoms with Crippen molar-refractivity contribution >= 4 is 11.9 Å². The first-order chi connectivity index (χ1) is 14.1. The van der Waals surface area contributed by atoms with E-state index in [1.54, 1.807) is 12.1 Å². The highest BCUT2D eigenvalue weighted by molar-refractivity contribution is 5.81. The number of rotatable bonds is 9. The number of carbonyl (C=O) groups excluding carboxylic acids is 1. The fraction of sp³-hybridized carbons (Fsp3) is 0.391. The van der Waals surface area contributed by atoms with Gasteiger partial charge >= 0.3 is 0 Å². The van der Waals surface area contributed by atoms with Crippen LogP contribution < -0.4 is 16.0 Å². The Kier molecular flexibility index (Phi) is 7.22. The number of carbonyl (C=O) groups is 1. The first kappa shape index (κ1) is 20.8. The highest BCUT2D eigenvalue weighted by Gasteiger charge is 2.44. The highest BCUT2D eigenvalue weighted by atomic mass is 19.1. The number of amides is 1. The van der Waals surface area contributed by atoms with Crippen molar-refractivity contribution in [3.63, 3.8) is 0 Å². The Morgan fingerprint density at radius 1 is 1.07 bits per heavy atom. The quantitative estimate of drug-likeness (QED) is 0.451. The lowest BCUT2D eigenvalue weighted by Crippen LogP contribution is -2.39. The van der Waals surface area contributed by atoms with Crippen LogP contribution in [0.2, 0.25) is 0 Å². The van der Waals surface area contributed by atoms with Crippen LogP contribution in [-0.2, 0) is 16.8 Å². The maximum Gasteiger partial charge on any atom is 0.222 e. The third kappa shape index (κ3) is 6.31. The van der Waals surface area contributed by atoms with E-state index in [2.05, 4.69) is 20.9 Å². The molecule has 0 aromatic heterocycles. The summed E-state index contributed by atoms with van der Waals surface area (Å²) >= 11 is 0. The molecule has 0 radical (unpaired) electrons. The molecule has 5 nitrogen and oxygen atoms in total. The second-order valence-corrected chi connectivity index (χ2v) is 7.42. The summed E-state index contributed by atoms with van der Waals surface area (Å²) in [5.74, 6) is 0.478. The minimum Gasteiger partial charge on any atom is -0.357 e. The van der Waals surface area contributed by atoms with E-state index in [0.717, 1.165) is 30.5 Å². The van der Waals surface area contributed by atoms with Crippen molar-refractivity contribution in [2.24, 2.45) is 4.99 Å². The molecule has 1 fully saturated rings. The summed E-state index contributed by atoms with van der Waals surface area (Å²) in [6, 6.07) is 16.7. The number of hydrogen-bond donors (Lipinski definition) is 3. The monoisotopic (exact) mass is 396 g/mol. The molecule has 0 bridgehead atoms. The van der Waals surface area contributed by atoms with Gasteiger partial charge in [0, 0.05) is 31.5 Å². The Bertz CT molecular complexity index is 834. The number of aliphatic imine (C=N–C) groups is 1. The van der Waals surface area contributed by atoms with E-state index in [1.807, 2.05) is 43.3 Å². The van der Waals surface area contributed by atoms with Crippen molar-refractivity contribution in [1.29, 1.82) is 0 Å². The van der Waals surface area contributed by atoms with E-state index in [9.17, 15) is 9.18 Å². The molecule has 0 aliphatic heterocycles. The van der Waals surface area contributed by atoms with Crippen LogP contribution in [0.15, 0.2) is 59.6 Å². The van der Waals surface area contributed by atoms with Crippen molar-refractivity contribution in [1.82, 2.24) is 16.0 Å². The minimum atomic E-state index is -0.204. The van der Waals surface area contributed by atoms with Gasteiger partial charge in [-0.1, -0.05) is 42.5 Å². The lowest BCUT2D eigenvalue weighted by Gasteiger charge is -2.16. The summed E-state index contributed by atoms with van der Waals surface area (Å²) in [6.45, 7) is 4.37. The van der Waals surface area contributed by atoms with Gasteiger partial charge in [-0.05, 0) is 43.0 Å². The van der Waals surface area contributed by atoms with Gasteiger partial charge in [0.2, 0.25) is 5.91 Å². The summed E-state index contributed by atoms with van der Waals surface area (Å²) in [4.78, 5) is 16.7. The van der Waals surface area contributed by atoms with E-state index in [4.69, 9.17) is 0 Å². The Labute approximate surface area is 171 Å². The number of benzene rings is 2.